The molecule has 12 heteroatoms. The van der Waals surface area contributed by atoms with Gasteiger partial charge in [-0.25, -0.2) is 10.1 Å². The van der Waals surface area contributed by atoms with Gasteiger partial charge in [0.2, 0.25) is 11.1 Å². The number of nitrogens with two attached hydrogens (primary N) is 1. The first-order valence-corrected chi connectivity index (χ1v) is 12.2. The SMILES string of the molecule is CCN(CC)c1ccc(/C=N/Nc2nnc(SCC(=O)Nc3ccc4c(c3)OCCO4)n2N)cc1. The van der Waals surface area contributed by atoms with Gasteiger partial charge in [-0.1, -0.05) is 23.9 Å². The molecule has 0 saturated heterocycles. The molecule has 184 valence electrons. The number of fused-ring (bicyclic) bond motifs is 1. The van der Waals surface area contributed by atoms with E-state index in [1.54, 1.807) is 24.4 Å². The molecule has 4 rings (SSSR count). The smallest absolute Gasteiger partial charge is 0.264 e. The van der Waals surface area contributed by atoms with Gasteiger partial charge in [0.15, 0.2) is 11.5 Å². The molecule has 4 N–H and O–H groups in total. The lowest BCUT2D eigenvalue weighted by atomic mass is 10.2. The van der Waals surface area contributed by atoms with Crippen molar-refractivity contribution in [2.45, 2.75) is 19.0 Å². The van der Waals surface area contributed by atoms with Gasteiger partial charge in [-0.2, -0.15) is 5.10 Å². The number of nitrogens with one attached hydrogen (secondary N) is 2. The number of thioether (sulfide) groups is 1. The van der Waals surface area contributed by atoms with Gasteiger partial charge < -0.3 is 25.5 Å². The summed E-state index contributed by atoms with van der Waals surface area (Å²) in [5, 5.41) is 15.4. The molecule has 0 radical (unpaired) electrons. The van der Waals surface area contributed by atoms with E-state index in [1.807, 2.05) is 12.1 Å². The van der Waals surface area contributed by atoms with Crippen LogP contribution >= 0.6 is 11.8 Å². The third-order valence-corrected chi connectivity index (χ3v) is 6.17. The molecule has 0 atom stereocenters. The summed E-state index contributed by atoms with van der Waals surface area (Å²) < 4.78 is 12.3. The van der Waals surface area contributed by atoms with Crippen LogP contribution in [0.25, 0.3) is 0 Å². The van der Waals surface area contributed by atoms with Crippen LogP contribution in [-0.4, -0.2) is 59.1 Å². The van der Waals surface area contributed by atoms with Crippen LogP contribution in [-0.2, 0) is 4.79 Å². The van der Waals surface area contributed by atoms with E-state index in [9.17, 15) is 4.79 Å². The number of carbonyl (C=O) groups is 1. The standard InChI is InChI=1S/C23H28N8O3S/c1-3-30(4-2)18-8-5-16(6-9-18)14-25-27-22-28-29-23(31(22)24)35-15-21(32)26-17-7-10-19-20(13-17)34-12-11-33-19/h5-10,13-14H,3-4,11-12,15,24H2,1-2H3,(H,26,32)(H,27,28)/b25-14+. The van der Waals surface area contributed by atoms with Gasteiger partial charge in [-0.15, -0.1) is 10.2 Å². The topological polar surface area (TPSA) is 132 Å². The molecule has 1 amide bonds. The lowest BCUT2D eigenvalue weighted by Crippen LogP contribution is -2.21. The van der Waals surface area contributed by atoms with Crippen molar-refractivity contribution in [2.75, 3.05) is 53.5 Å². The van der Waals surface area contributed by atoms with Crippen LogP contribution in [0.4, 0.5) is 17.3 Å². The van der Waals surface area contributed by atoms with E-state index in [4.69, 9.17) is 15.3 Å². The summed E-state index contributed by atoms with van der Waals surface area (Å²) >= 11 is 1.16. The Labute approximate surface area is 207 Å². The molecular formula is C23H28N8O3S. The van der Waals surface area contributed by atoms with Crippen molar-refractivity contribution >= 4 is 41.2 Å². The third-order valence-electron chi connectivity index (χ3n) is 5.22. The summed E-state index contributed by atoms with van der Waals surface area (Å²) in [5.74, 6) is 7.48. The zero-order chi connectivity index (χ0) is 24.6. The predicted molar refractivity (Wildman–Crippen MR) is 138 cm³/mol. The highest BCUT2D eigenvalue weighted by Crippen LogP contribution is 2.32. The van der Waals surface area contributed by atoms with Gasteiger partial charge in [-0.05, 0) is 43.7 Å². The highest BCUT2D eigenvalue weighted by Gasteiger charge is 2.15. The average Bonchev–Trinajstić information content (AvgIpc) is 3.23. The molecular weight excluding hydrogens is 468 g/mol. The number of amides is 1. The number of rotatable bonds is 10. The van der Waals surface area contributed by atoms with Crippen molar-refractivity contribution < 1.29 is 14.3 Å². The number of nitrogen functional groups attached to an aromatic ring is 1. The normalized spacial score (nSPS) is 12.5. The highest BCUT2D eigenvalue weighted by atomic mass is 32.2. The summed E-state index contributed by atoms with van der Waals surface area (Å²) in [6.07, 6.45) is 1.67. The molecule has 2 heterocycles. The molecule has 1 aromatic heterocycles. The largest absolute Gasteiger partial charge is 0.486 e. The van der Waals surface area contributed by atoms with Crippen molar-refractivity contribution in [1.29, 1.82) is 0 Å². The Morgan fingerprint density at radius 1 is 1.14 bits per heavy atom. The van der Waals surface area contributed by atoms with Gasteiger partial charge in [0.1, 0.15) is 13.2 Å². The van der Waals surface area contributed by atoms with Crippen LogP contribution in [0.15, 0.2) is 52.7 Å². The molecule has 0 unspecified atom stereocenters. The van der Waals surface area contributed by atoms with Crippen LogP contribution in [0.2, 0.25) is 0 Å². The number of hydrogen-bond donors (Lipinski definition) is 3. The van der Waals surface area contributed by atoms with Crippen molar-refractivity contribution in [3.8, 4) is 11.5 Å². The Kier molecular flexibility index (Phi) is 7.93. The molecule has 0 saturated carbocycles. The van der Waals surface area contributed by atoms with Gasteiger partial charge in [0, 0.05) is 30.5 Å². The van der Waals surface area contributed by atoms with Crippen molar-refractivity contribution in [3.05, 3.63) is 48.0 Å². The summed E-state index contributed by atoms with van der Waals surface area (Å²) in [4.78, 5) is 14.6. The summed E-state index contributed by atoms with van der Waals surface area (Å²) in [6, 6.07) is 13.4. The van der Waals surface area contributed by atoms with E-state index in [-0.39, 0.29) is 17.6 Å². The highest BCUT2D eigenvalue weighted by molar-refractivity contribution is 7.99. The molecule has 3 aromatic rings. The zero-order valence-corrected chi connectivity index (χ0v) is 20.4. The molecule has 0 spiro atoms. The molecule has 35 heavy (non-hydrogen) atoms. The Bertz CT molecular complexity index is 1180. The van der Waals surface area contributed by atoms with E-state index in [1.165, 1.54) is 10.4 Å². The average molecular weight is 497 g/mol. The van der Waals surface area contributed by atoms with Crippen LogP contribution in [0, 0.1) is 0 Å². The van der Waals surface area contributed by atoms with Crippen LogP contribution < -0.4 is 31.0 Å². The zero-order valence-electron chi connectivity index (χ0n) is 19.6. The van der Waals surface area contributed by atoms with E-state index >= 15 is 0 Å². The second-order valence-corrected chi connectivity index (χ2v) is 8.45. The van der Waals surface area contributed by atoms with Crippen molar-refractivity contribution in [3.63, 3.8) is 0 Å². The Hall–Kier alpha value is -3.93. The van der Waals surface area contributed by atoms with Gasteiger partial charge in [-0.3, -0.25) is 4.79 Å². The molecule has 11 nitrogen and oxygen atoms in total. The monoisotopic (exact) mass is 496 g/mol. The maximum atomic E-state index is 12.4. The summed E-state index contributed by atoms with van der Waals surface area (Å²) in [6.45, 7) is 7.17. The predicted octanol–water partition coefficient (Wildman–Crippen LogP) is 2.79. The quantitative estimate of drug-likeness (QED) is 0.168. The van der Waals surface area contributed by atoms with Crippen LogP contribution in [0.3, 0.4) is 0 Å². The number of hydrogen-bond acceptors (Lipinski definition) is 10. The number of aromatic nitrogens is 3. The van der Waals surface area contributed by atoms with Gasteiger partial charge in [0.25, 0.3) is 5.95 Å². The number of ether oxygens (including phenoxy) is 2. The van der Waals surface area contributed by atoms with Gasteiger partial charge >= 0.3 is 0 Å². The van der Waals surface area contributed by atoms with Crippen molar-refractivity contribution in [2.24, 2.45) is 5.10 Å². The minimum absolute atomic E-state index is 0.103. The molecule has 2 aromatic carbocycles. The van der Waals surface area contributed by atoms with Crippen LogP contribution in [0.1, 0.15) is 19.4 Å². The minimum Gasteiger partial charge on any atom is -0.486 e. The first-order chi connectivity index (χ1) is 17.1. The maximum absolute atomic E-state index is 12.4. The third kappa shape index (κ3) is 6.15. The molecule has 1 aliphatic rings. The Morgan fingerprint density at radius 2 is 1.89 bits per heavy atom. The Balaban J connectivity index is 1.27. The van der Waals surface area contributed by atoms with E-state index in [0.717, 1.165) is 30.4 Å². The van der Waals surface area contributed by atoms with E-state index in [0.29, 0.717) is 35.6 Å². The fourth-order valence-corrected chi connectivity index (χ4v) is 4.08. The number of nitrogens with zero attached hydrogens (tertiary/aromatic N) is 5. The maximum Gasteiger partial charge on any atom is 0.264 e. The fourth-order valence-electron chi connectivity index (χ4n) is 3.42. The molecule has 0 aliphatic carbocycles. The number of benzene rings is 2. The molecule has 1 aliphatic heterocycles. The van der Waals surface area contributed by atoms with E-state index in [2.05, 4.69) is 56.9 Å². The lowest BCUT2D eigenvalue weighted by Gasteiger charge is -2.20. The number of anilines is 3. The Morgan fingerprint density at radius 3 is 2.63 bits per heavy atom. The summed E-state index contributed by atoms with van der Waals surface area (Å²) in [5.41, 5.74) is 5.50. The fraction of sp³-hybridized carbons (Fsp3) is 0.304. The first kappa shape index (κ1) is 24.2. The summed E-state index contributed by atoms with van der Waals surface area (Å²) in [7, 11) is 0. The molecule has 0 bridgehead atoms. The van der Waals surface area contributed by atoms with Crippen molar-refractivity contribution in [1.82, 2.24) is 14.9 Å². The first-order valence-electron chi connectivity index (χ1n) is 11.2. The second-order valence-electron chi connectivity index (χ2n) is 7.51. The molecule has 0 fully saturated rings. The van der Waals surface area contributed by atoms with Crippen LogP contribution in [0.5, 0.6) is 11.5 Å². The number of hydrazone groups is 1. The lowest BCUT2D eigenvalue weighted by molar-refractivity contribution is -0.113. The number of carbonyl (C=O) groups excluding carboxylic acids is 1. The van der Waals surface area contributed by atoms with Gasteiger partial charge in [0.05, 0.1) is 12.0 Å². The minimum atomic E-state index is -0.213. The van der Waals surface area contributed by atoms with E-state index < -0.39 is 0 Å². The second kappa shape index (κ2) is 11.5.